The predicted molar refractivity (Wildman–Crippen MR) is 391 cm³/mol. The Morgan fingerprint density at radius 1 is 0.808 bits per heavy atom. The van der Waals surface area contributed by atoms with E-state index >= 15 is 0 Å². The smallest absolute Gasteiger partial charge is 0.478 e. The standard InChI is InChI=1S/C67H87N6O24P3S4/c1-67(2,104-103-41-89-28-6-7-30-90-57(75)19-5-4-13-46-39-73(65(78)70-63(46)68)56-38-54(92-42-102-101-3)55(94-56)40-93-99(83,84)97-100(85,86)96-98(80,81)82)22-31-91-66(79)69-23-32-88-34-33-87-29-12-18-53(74)43-20-21-47(64(76)77)50(35-43)58-51-36-44-14-8-24-71-26-10-16-48(59(44)71)61(51)95-62-49-17-11-27-72-25-9-15-45(60(49)72)37-52(58)62/h20-21,35-37,39,54-56H,5-12,14-19,22-34,38,40-42H2,1-3H3,(H7-,68,69,70,76,77,78,79,80,81,82,83,84,85,86)/p+1/t54-,55+,56+/m0/s1. The van der Waals surface area contributed by atoms with Gasteiger partial charge in [-0.05, 0) is 120 Å². The Morgan fingerprint density at radius 2 is 1.55 bits per heavy atom. The Morgan fingerprint density at radius 3 is 2.33 bits per heavy atom. The lowest BCUT2D eigenvalue weighted by molar-refractivity contribution is -0.143. The van der Waals surface area contributed by atoms with Crippen LogP contribution in [0, 0.1) is 11.8 Å². The van der Waals surface area contributed by atoms with Gasteiger partial charge in [0.1, 0.15) is 54.6 Å². The number of esters is 1. The zero-order valence-electron chi connectivity index (χ0n) is 58.0. The molecule has 5 atom stereocenters. The lowest BCUT2D eigenvalue weighted by Gasteiger charge is -2.39. The van der Waals surface area contributed by atoms with E-state index in [4.69, 9.17) is 57.9 Å². The van der Waals surface area contributed by atoms with Crippen molar-refractivity contribution in [3.63, 3.8) is 0 Å². The number of phosphoric ester groups is 1. The fraction of sp³-hybridized carbons (Fsp3) is 0.567. The van der Waals surface area contributed by atoms with Gasteiger partial charge in [-0.25, -0.2) is 32.7 Å². The molecule has 6 aliphatic heterocycles. The van der Waals surface area contributed by atoms with Crippen LogP contribution in [0.15, 0.2) is 41.3 Å². The van der Waals surface area contributed by atoms with Crippen LogP contribution in [0.2, 0.25) is 0 Å². The minimum absolute atomic E-state index is 0.0283. The zero-order chi connectivity index (χ0) is 74.2. The fourth-order valence-corrected chi connectivity index (χ4v) is 19.3. The number of aromatic carboxylic acids is 1. The maximum absolute atomic E-state index is 14.0. The van der Waals surface area contributed by atoms with E-state index in [0.29, 0.717) is 62.6 Å². The molecule has 0 bridgehead atoms. The third-order valence-electron chi connectivity index (χ3n) is 17.8. The highest BCUT2D eigenvalue weighted by atomic mass is 33.1. The van der Waals surface area contributed by atoms with Crippen molar-refractivity contribution in [3.8, 4) is 23.3 Å². The molecule has 0 saturated carbocycles. The molecule has 3 aromatic carbocycles. The van der Waals surface area contributed by atoms with Crippen molar-refractivity contribution in [2.45, 2.75) is 140 Å². The van der Waals surface area contributed by atoms with Crippen LogP contribution in [0.25, 0.3) is 5.57 Å². The van der Waals surface area contributed by atoms with Crippen molar-refractivity contribution >= 4 is 108 Å². The molecule has 7 heterocycles. The number of nitrogens with zero attached hydrogens (tertiary/aromatic N) is 4. The molecule has 37 heteroatoms. The zero-order valence-corrected chi connectivity index (χ0v) is 63.9. The van der Waals surface area contributed by atoms with Crippen molar-refractivity contribution in [3.05, 3.63) is 108 Å². The molecule has 104 heavy (non-hydrogen) atoms. The molecule has 2 unspecified atom stereocenters. The highest BCUT2D eigenvalue weighted by Crippen LogP contribution is 2.66. The summed E-state index contributed by atoms with van der Waals surface area (Å²) in [6, 6.07) is 9.49. The number of nitrogens with two attached hydrogens (primary N) is 1. The molecule has 0 spiro atoms. The molecule has 1 aromatic heterocycles. The minimum atomic E-state index is -5.78. The van der Waals surface area contributed by atoms with E-state index in [0.717, 1.165) is 110 Å². The highest BCUT2D eigenvalue weighted by molar-refractivity contribution is 8.77. The van der Waals surface area contributed by atoms with E-state index < -0.39 is 72.2 Å². The number of carboxylic acids is 1. The Balaban J connectivity index is 0.567. The van der Waals surface area contributed by atoms with Gasteiger partial charge in [0.05, 0.1) is 68.9 Å². The van der Waals surface area contributed by atoms with Gasteiger partial charge < -0.3 is 78.5 Å². The number of hydrogen-bond donors (Lipinski definition) is 7. The molecule has 0 radical (unpaired) electrons. The summed E-state index contributed by atoms with van der Waals surface area (Å²) in [4.78, 5) is 108. The number of carbonyl (C=O) groups is 4. The lowest BCUT2D eigenvalue weighted by atomic mass is 9.81. The van der Waals surface area contributed by atoms with Gasteiger partial charge >= 0.3 is 47.2 Å². The third-order valence-corrected chi connectivity index (χ3v) is 26.1. The Bertz CT molecular complexity index is 4220. The van der Waals surface area contributed by atoms with Crippen molar-refractivity contribution in [2.75, 3.05) is 114 Å². The van der Waals surface area contributed by atoms with Gasteiger partial charge in [-0.15, -0.1) is 0 Å². The average molecular weight is 1580 g/mol. The predicted octanol–water partition coefficient (Wildman–Crippen LogP) is 8.35. The summed E-state index contributed by atoms with van der Waals surface area (Å²) in [6.45, 7) is 9.51. The molecule has 10 rings (SSSR count). The number of aryl methyl sites for hydroxylation is 2. The number of nitrogens with one attached hydrogen (secondary N) is 1. The number of nitrogen functional groups attached to an aromatic ring is 1. The Kier molecular flexibility index (Phi) is 29.4. The summed E-state index contributed by atoms with van der Waals surface area (Å²) in [5.74, 6) is 5.92. The maximum Gasteiger partial charge on any atom is 0.490 e. The maximum atomic E-state index is 14.0. The molecule has 6 aliphatic rings. The molecular weight excluding hydrogens is 1490 g/mol. The first-order valence-electron chi connectivity index (χ1n) is 34.3. The first-order valence-corrected chi connectivity index (χ1v) is 43.9. The summed E-state index contributed by atoms with van der Waals surface area (Å²) in [6.07, 6.45) is 9.57. The summed E-state index contributed by atoms with van der Waals surface area (Å²) >= 11 is 0. The van der Waals surface area contributed by atoms with Gasteiger partial charge in [0, 0.05) is 115 Å². The quantitative estimate of drug-likeness (QED) is 0.00284. The van der Waals surface area contributed by atoms with Gasteiger partial charge in [0.15, 0.2) is 5.78 Å². The topological polar surface area (TPSA) is 401 Å². The van der Waals surface area contributed by atoms with Crippen molar-refractivity contribution in [2.24, 2.45) is 0 Å². The monoisotopic (exact) mass is 1580 g/mol. The third kappa shape index (κ3) is 22.4. The molecule has 1 fully saturated rings. The number of aromatic nitrogens is 2. The lowest BCUT2D eigenvalue weighted by Crippen LogP contribution is -2.45. The molecule has 4 aromatic rings. The second kappa shape index (κ2) is 37.7. The first kappa shape index (κ1) is 81.2. The van der Waals surface area contributed by atoms with Crippen LogP contribution >= 0.6 is 66.6 Å². The van der Waals surface area contributed by atoms with E-state index in [-0.39, 0.29) is 92.1 Å². The molecule has 0 aliphatic carbocycles. The van der Waals surface area contributed by atoms with Gasteiger partial charge in [-0.3, -0.25) is 18.7 Å². The van der Waals surface area contributed by atoms with Crippen LogP contribution < -0.4 is 41.5 Å². The second-order valence-electron chi connectivity index (χ2n) is 25.8. The van der Waals surface area contributed by atoms with Crippen molar-refractivity contribution in [1.29, 1.82) is 0 Å². The second-order valence-corrected chi connectivity index (χ2v) is 35.7. The number of benzene rings is 3. The van der Waals surface area contributed by atoms with Crippen LogP contribution in [0.5, 0.6) is 11.5 Å². The largest absolute Gasteiger partial charge is 0.490 e. The number of Topliss-reactive ketones (excluding diaryl/α,β-unsaturated/α-hetero) is 1. The number of phosphoric acid groups is 3. The highest BCUT2D eigenvalue weighted by Gasteiger charge is 2.44. The molecule has 1 saturated heterocycles. The number of rotatable bonds is 39. The number of carboxylic acid groups (broad SMARTS) is 1. The van der Waals surface area contributed by atoms with E-state index in [1.807, 2.05) is 13.8 Å². The molecule has 8 N–H and O–H groups in total. The van der Waals surface area contributed by atoms with Gasteiger partial charge in [-0.1, -0.05) is 61.1 Å². The number of ketones is 1. The van der Waals surface area contributed by atoms with Crippen LogP contribution in [-0.4, -0.2) is 179 Å². The van der Waals surface area contributed by atoms with Crippen LogP contribution in [0.1, 0.15) is 157 Å². The summed E-state index contributed by atoms with van der Waals surface area (Å²) in [5, 5.41) is 15.7. The Labute approximate surface area is 617 Å². The van der Waals surface area contributed by atoms with Gasteiger partial charge in [0.25, 0.3) is 0 Å². The van der Waals surface area contributed by atoms with E-state index in [9.17, 15) is 52.6 Å². The number of alkyl carbamates (subject to hydrolysis) is 1. The fourth-order valence-electron chi connectivity index (χ4n) is 13.2. The number of fused-ring (bicyclic) bond motifs is 4. The van der Waals surface area contributed by atoms with Crippen LogP contribution in [0.4, 0.5) is 16.3 Å². The van der Waals surface area contributed by atoms with E-state index in [2.05, 4.69) is 52.4 Å². The minimum Gasteiger partial charge on any atom is -0.478 e. The normalized spacial score (nSPS) is 18.5. The first-order chi connectivity index (χ1) is 49.8. The Hall–Kier alpha value is -5.34. The summed E-state index contributed by atoms with van der Waals surface area (Å²) in [7, 11) is -11.1. The average Bonchev–Trinajstić information content (AvgIpc) is 1.000. The van der Waals surface area contributed by atoms with Crippen LogP contribution in [0.3, 0.4) is 0 Å². The SMILES string of the molecule is CSSCO[C@H]1C[C@H](n2cc(C#CCCC(=O)OCCCCOCSSC(C)(C)CCOC(=O)NCCOCCOCCCC(=O)c3ccc(C(=O)O)c(C4=c5cc6c7c(c5Oc5c4cc4c8c5CCCN8CCC4)CCC[N+]=7CCC6)c3)c(N)nc2=O)O[C@@H]1COP(=O)(O)OP(=O)(O)OP(=O)(O)O. The van der Waals surface area contributed by atoms with Gasteiger partial charge in [0.2, 0.25) is 5.36 Å². The molecule has 1 amide bonds. The van der Waals surface area contributed by atoms with Crippen LogP contribution in [-0.2, 0) is 90.5 Å². The summed E-state index contributed by atoms with van der Waals surface area (Å²) < 4.78 is 97.7. The molecule has 568 valence electrons. The molecular formula is C67H88N6O24P3S4+. The number of hydrogen-bond acceptors (Lipinski definition) is 26. The number of unbranched alkanes of at least 4 members (excludes halogenated alkanes) is 1. The molecule has 30 nitrogen and oxygen atoms in total. The van der Waals surface area contributed by atoms with E-state index in [1.54, 1.807) is 35.2 Å². The number of amides is 1. The van der Waals surface area contributed by atoms with Crippen molar-refractivity contribution < 1.29 is 109 Å². The number of ether oxygens (including phenoxy) is 8. The summed E-state index contributed by atoms with van der Waals surface area (Å²) in [5.41, 5.74) is 14.3. The van der Waals surface area contributed by atoms with Crippen molar-refractivity contribution in [1.82, 2.24) is 19.4 Å². The number of carbonyl (C=O) groups excluding carboxylic acids is 3. The van der Waals surface area contributed by atoms with E-state index in [1.165, 1.54) is 71.9 Å². The number of anilines is 2. The van der Waals surface area contributed by atoms with Gasteiger partial charge in [-0.2, -0.15) is 13.6 Å².